The predicted molar refractivity (Wildman–Crippen MR) is 85.1 cm³/mol. The molecule has 0 radical (unpaired) electrons. The lowest BCUT2D eigenvalue weighted by Crippen LogP contribution is -2.24. The van der Waals surface area contributed by atoms with Crippen LogP contribution in [0.5, 0.6) is 0 Å². The number of aryl methyl sites for hydroxylation is 1. The summed E-state index contributed by atoms with van der Waals surface area (Å²) in [4.78, 5) is 16.1. The number of benzene rings is 1. The Morgan fingerprint density at radius 2 is 1.90 bits per heavy atom. The first kappa shape index (κ1) is 15.2. The van der Waals surface area contributed by atoms with Crippen LogP contribution >= 0.6 is 0 Å². The van der Waals surface area contributed by atoms with Gasteiger partial charge in [-0.2, -0.15) is 0 Å². The molecular formula is C18H22N2O. The van der Waals surface area contributed by atoms with Crippen LogP contribution in [0.3, 0.4) is 0 Å². The molecule has 1 aromatic carbocycles. The van der Waals surface area contributed by atoms with Crippen LogP contribution in [0.4, 0.5) is 0 Å². The Balaban J connectivity index is 1.98. The van der Waals surface area contributed by atoms with E-state index >= 15 is 0 Å². The smallest absolute Gasteiger partial charge is 0.224 e. The predicted octanol–water partition coefficient (Wildman–Crippen LogP) is 3.37. The van der Waals surface area contributed by atoms with E-state index in [1.807, 2.05) is 12.1 Å². The molecule has 0 atom stereocenters. The van der Waals surface area contributed by atoms with Crippen LogP contribution in [0.15, 0.2) is 42.7 Å². The molecule has 0 aliphatic rings. The first-order chi connectivity index (χ1) is 10.1. The second kappa shape index (κ2) is 7.02. The lowest BCUT2D eigenvalue weighted by Gasteiger charge is -2.11. The monoisotopic (exact) mass is 282 g/mol. The number of nitrogens with zero attached hydrogens (tertiary/aromatic N) is 1. The third-order valence-corrected chi connectivity index (χ3v) is 3.63. The number of hydrogen-bond donors (Lipinski definition) is 1. The molecule has 0 saturated carbocycles. The molecular weight excluding hydrogens is 260 g/mol. The maximum atomic E-state index is 12.1. The summed E-state index contributed by atoms with van der Waals surface area (Å²) in [7, 11) is 0. The van der Waals surface area contributed by atoms with Crippen LogP contribution in [-0.2, 0) is 17.8 Å². The van der Waals surface area contributed by atoms with Crippen LogP contribution in [0, 0.1) is 6.92 Å². The Kier molecular flexibility index (Phi) is 5.09. The second-order valence-electron chi connectivity index (χ2n) is 5.65. The molecule has 1 aromatic heterocycles. The van der Waals surface area contributed by atoms with Gasteiger partial charge in [-0.3, -0.25) is 9.78 Å². The molecule has 3 nitrogen and oxygen atoms in total. The van der Waals surface area contributed by atoms with Crippen LogP contribution in [-0.4, -0.2) is 10.9 Å². The van der Waals surface area contributed by atoms with Crippen molar-refractivity contribution < 1.29 is 4.79 Å². The summed E-state index contributed by atoms with van der Waals surface area (Å²) in [5, 5.41) is 2.96. The summed E-state index contributed by atoms with van der Waals surface area (Å²) in [6.07, 6.45) is 3.90. The fourth-order valence-electron chi connectivity index (χ4n) is 2.18. The van der Waals surface area contributed by atoms with Crippen LogP contribution in [0.25, 0.3) is 0 Å². The van der Waals surface area contributed by atoms with Gasteiger partial charge in [0.25, 0.3) is 0 Å². The van der Waals surface area contributed by atoms with E-state index in [-0.39, 0.29) is 5.91 Å². The zero-order valence-electron chi connectivity index (χ0n) is 12.9. The summed E-state index contributed by atoms with van der Waals surface area (Å²) in [6.45, 7) is 6.93. The van der Waals surface area contributed by atoms with Crippen molar-refractivity contribution in [1.29, 1.82) is 0 Å². The normalized spacial score (nSPS) is 10.7. The van der Waals surface area contributed by atoms with E-state index in [2.05, 4.69) is 49.3 Å². The largest absolute Gasteiger partial charge is 0.352 e. The zero-order chi connectivity index (χ0) is 15.2. The van der Waals surface area contributed by atoms with E-state index in [9.17, 15) is 4.79 Å². The molecule has 2 aromatic rings. The van der Waals surface area contributed by atoms with Gasteiger partial charge < -0.3 is 5.32 Å². The molecule has 2 rings (SSSR count). The highest BCUT2D eigenvalue weighted by Crippen LogP contribution is 2.19. The Labute approximate surface area is 126 Å². The number of aromatic nitrogens is 1. The third kappa shape index (κ3) is 4.42. The van der Waals surface area contributed by atoms with Gasteiger partial charge in [0, 0.05) is 18.9 Å². The molecule has 3 heteroatoms. The second-order valence-corrected chi connectivity index (χ2v) is 5.65. The van der Waals surface area contributed by atoms with Gasteiger partial charge in [-0.25, -0.2) is 0 Å². The van der Waals surface area contributed by atoms with Crippen LogP contribution in [0.2, 0.25) is 0 Å². The first-order valence-corrected chi connectivity index (χ1v) is 7.31. The van der Waals surface area contributed by atoms with Crippen molar-refractivity contribution in [2.24, 2.45) is 0 Å². The molecule has 0 unspecified atom stereocenters. The van der Waals surface area contributed by atoms with Gasteiger partial charge in [-0.15, -0.1) is 0 Å². The number of rotatable bonds is 5. The van der Waals surface area contributed by atoms with Gasteiger partial charge in [0.2, 0.25) is 5.91 Å². The summed E-state index contributed by atoms with van der Waals surface area (Å²) >= 11 is 0. The molecule has 0 bridgehead atoms. The van der Waals surface area contributed by atoms with Gasteiger partial charge in [0.1, 0.15) is 0 Å². The number of pyridine rings is 1. The molecule has 1 heterocycles. The lowest BCUT2D eigenvalue weighted by molar-refractivity contribution is -0.120. The Morgan fingerprint density at radius 3 is 2.57 bits per heavy atom. The highest BCUT2D eigenvalue weighted by Gasteiger charge is 2.08. The van der Waals surface area contributed by atoms with Crippen molar-refractivity contribution in [2.75, 3.05) is 0 Å². The number of nitrogens with one attached hydrogen (secondary N) is 1. The number of amides is 1. The summed E-state index contributed by atoms with van der Waals surface area (Å²) < 4.78 is 0. The van der Waals surface area contributed by atoms with Gasteiger partial charge in [-0.05, 0) is 47.2 Å². The maximum absolute atomic E-state index is 12.1. The van der Waals surface area contributed by atoms with E-state index in [0.29, 0.717) is 18.9 Å². The minimum Gasteiger partial charge on any atom is -0.352 e. The fraction of sp³-hybridized carbons (Fsp3) is 0.333. The zero-order valence-corrected chi connectivity index (χ0v) is 12.9. The van der Waals surface area contributed by atoms with E-state index in [0.717, 1.165) is 11.1 Å². The quantitative estimate of drug-likeness (QED) is 0.913. The van der Waals surface area contributed by atoms with Gasteiger partial charge >= 0.3 is 0 Å². The average Bonchev–Trinajstić information content (AvgIpc) is 2.48. The van der Waals surface area contributed by atoms with Crippen molar-refractivity contribution in [3.05, 3.63) is 65.0 Å². The highest BCUT2D eigenvalue weighted by atomic mass is 16.1. The molecule has 0 spiro atoms. The molecule has 21 heavy (non-hydrogen) atoms. The van der Waals surface area contributed by atoms with E-state index < -0.39 is 0 Å². The van der Waals surface area contributed by atoms with Crippen LogP contribution in [0.1, 0.15) is 42.0 Å². The van der Waals surface area contributed by atoms with Crippen molar-refractivity contribution in [1.82, 2.24) is 10.3 Å². The molecule has 0 aliphatic heterocycles. The molecule has 1 amide bonds. The molecule has 110 valence electrons. The van der Waals surface area contributed by atoms with Crippen molar-refractivity contribution in [3.63, 3.8) is 0 Å². The Morgan fingerprint density at radius 1 is 1.19 bits per heavy atom. The molecule has 0 saturated heterocycles. The van der Waals surface area contributed by atoms with Gasteiger partial charge in [0.05, 0.1) is 6.42 Å². The minimum atomic E-state index is 0.0517. The lowest BCUT2D eigenvalue weighted by atomic mass is 9.96. The molecule has 0 aliphatic carbocycles. The SMILES string of the molecule is Cc1ccc(C(C)C)cc1CC(=O)NCc1ccncc1. The number of carbonyl (C=O) groups is 1. The van der Waals surface area contributed by atoms with E-state index in [4.69, 9.17) is 0 Å². The summed E-state index contributed by atoms with van der Waals surface area (Å²) in [6, 6.07) is 10.2. The van der Waals surface area contributed by atoms with E-state index in [1.165, 1.54) is 11.1 Å². The van der Waals surface area contributed by atoms with Gasteiger partial charge in [-0.1, -0.05) is 32.0 Å². The molecule has 0 fully saturated rings. The summed E-state index contributed by atoms with van der Waals surface area (Å²) in [5.41, 5.74) is 4.61. The molecule has 1 N–H and O–H groups in total. The van der Waals surface area contributed by atoms with Crippen molar-refractivity contribution in [2.45, 2.75) is 39.7 Å². The number of carbonyl (C=O) groups excluding carboxylic acids is 1. The standard InChI is InChI=1S/C18H22N2O/c1-13(2)16-5-4-14(3)17(10-16)11-18(21)20-12-15-6-8-19-9-7-15/h4-10,13H,11-12H2,1-3H3,(H,20,21). The summed E-state index contributed by atoms with van der Waals surface area (Å²) in [5.74, 6) is 0.528. The minimum absolute atomic E-state index is 0.0517. The van der Waals surface area contributed by atoms with Gasteiger partial charge in [0.15, 0.2) is 0 Å². The Hall–Kier alpha value is -2.16. The fourth-order valence-corrected chi connectivity index (χ4v) is 2.18. The van der Waals surface area contributed by atoms with E-state index in [1.54, 1.807) is 12.4 Å². The average molecular weight is 282 g/mol. The number of hydrogen-bond acceptors (Lipinski definition) is 2. The topological polar surface area (TPSA) is 42.0 Å². The van der Waals surface area contributed by atoms with Crippen molar-refractivity contribution in [3.8, 4) is 0 Å². The Bertz CT molecular complexity index is 606. The first-order valence-electron chi connectivity index (χ1n) is 7.31. The maximum Gasteiger partial charge on any atom is 0.224 e. The van der Waals surface area contributed by atoms with Crippen LogP contribution < -0.4 is 5.32 Å². The third-order valence-electron chi connectivity index (χ3n) is 3.63. The highest BCUT2D eigenvalue weighted by molar-refractivity contribution is 5.79. The van der Waals surface area contributed by atoms with Crippen molar-refractivity contribution >= 4 is 5.91 Å².